The van der Waals surface area contributed by atoms with Crippen LogP contribution >= 0.6 is 11.8 Å². The molecule has 0 saturated carbocycles. The number of nitrogens with zero attached hydrogens (tertiary/aromatic N) is 3. The molecule has 1 heterocycles. The smallest absolute Gasteiger partial charge is 0.234 e. The number of hydrogen-bond donors (Lipinski definition) is 1. The molecule has 0 spiro atoms. The van der Waals surface area contributed by atoms with Crippen molar-refractivity contribution in [1.29, 1.82) is 0 Å². The van der Waals surface area contributed by atoms with E-state index in [4.69, 9.17) is 0 Å². The average molecular weight is 320 g/mol. The van der Waals surface area contributed by atoms with Gasteiger partial charge in [0.25, 0.3) is 0 Å². The number of carbonyl (C=O) groups excluding carboxylic acids is 1. The van der Waals surface area contributed by atoms with Gasteiger partial charge in [0, 0.05) is 13.0 Å². The zero-order valence-electron chi connectivity index (χ0n) is 12.3. The van der Waals surface area contributed by atoms with Crippen molar-refractivity contribution in [2.75, 3.05) is 11.1 Å². The van der Waals surface area contributed by atoms with Crippen LogP contribution in [0.1, 0.15) is 12.7 Å². The number of nitrogens with one attached hydrogen (secondary N) is 1. The second-order valence-corrected chi connectivity index (χ2v) is 5.41. The number of para-hydroxylation sites is 1. The molecule has 7 heteroatoms. The molecule has 0 atom stereocenters. The van der Waals surface area contributed by atoms with Gasteiger partial charge in [-0.25, -0.2) is 4.39 Å². The first-order valence-corrected chi connectivity index (χ1v) is 7.84. The van der Waals surface area contributed by atoms with Crippen molar-refractivity contribution in [3.8, 4) is 0 Å². The van der Waals surface area contributed by atoms with E-state index in [0.29, 0.717) is 11.7 Å². The van der Waals surface area contributed by atoms with Gasteiger partial charge in [0.15, 0.2) is 5.16 Å². The largest absolute Gasteiger partial charge is 0.323 e. The van der Waals surface area contributed by atoms with Crippen LogP contribution in [0, 0.1) is 5.82 Å². The minimum Gasteiger partial charge on any atom is -0.323 e. The van der Waals surface area contributed by atoms with Gasteiger partial charge in [0.05, 0.1) is 11.4 Å². The lowest BCUT2D eigenvalue weighted by Crippen LogP contribution is -2.15. The predicted octanol–water partition coefficient (Wildman–Crippen LogP) is 2.90. The summed E-state index contributed by atoms with van der Waals surface area (Å²) in [5, 5.41) is 11.4. The van der Waals surface area contributed by atoms with Crippen LogP contribution in [-0.2, 0) is 17.8 Å². The molecule has 0 saturated heterocycles. The highest BCUT2D eigenvalue weighted by Crippen LogP contribution is 2.19. The first kappa shape index (κ1) is 16.2. The Balaban J connectivity index is 1.98. The number of amides is 1. The number of thioether (sulfide) groups is 1. The number of hydrogen-bond acceptors (Lipinski definition) is 4. The van der Waals surface area contributed by atoms with Gasteiger partial charge in [0.2, 0.25) is 5.91 Å². The van der Waals surface area contributed by atoms with Crippen LogP contribution < -0.4 is 5.32 Å². The van der Waals surface area contributed by atoms with Crippen molar-refractivity contribution in [1.82, 2.24) is 14.8 Å². The van der Waals surface area contributed by atoms with E-state index < -0.39 is 5.82 Å². The van der Waals surface area contributed by atoms with E-state index in [1.165, 1.54) is 23.9 Å². The molecule has 0 aliphatic carbocycles. The third-order valence-electron chi connectivity index (χ3n) is 2.90. The van der Waals surface area contributed by atoms with E-state index in [1.54, 1.807) is 18.2 Å². The van der Waals surface area contributed by atoms with Gasteiger partial charge in [-0.3, -0.25) is 4.79 Å². The van der Waals surface area contributed by atoms with Gasteiger partial charge in [-0.2, -0.15) is 0 Å². The van der Waals surface area contributed by atoms with Gasteiger partial charge in [-0.15, -0.1) is 16.8 Å². The predicted molar refractivity (Wildman–Crippen MR) is 85.4 cm³/mol. The SMILES string of the molecule is C=CCn1c(CC)nnc1SCC(=O)Nc1ccccc1F. The summed E-state index contributed by atoms with van der Waals surface area (Å²) in [5.74, 6) is 0.231. The summed E-state index contributed by atoms with van der Waals surface area (Å²) in [6, 6.07) is 6.06. The Labute approximate surface area is 132 Å². The molecule has 2 rings (SSSR count). The average Bonchev–Trinajstić information content (AvgIpc) is 2.90. The van der Waals surface area contributed by atoms with Gasteiger partial charge < -0.3 is 9.88 Å². The maximum atomic E-state index is 13.5. The summed E-state index contributed by atoms with van der Waals surface area (Å²) >= 11 is 1.26. The summed E-state index contributed by atoms with van der Waals surface area (Å²) < 4.78 is 15.4. The van der Waals surface area contributed by atoms with Crippen molar-refractivity contribution in [2.24, 2.45) is 0 Å². The number of halogens is 1. The summed E-state index contributed by atoms with van der Waals surface area (Å²) in [6.07, 6.45) is 2.51. The van der Waals surface area contributed by atoms with Crippen LogP contribution in [0.2, 0.25) is 0 Å². The molecule has 1 N–H and O–H groups in total. The first-order valence-electron chi connectivity index (χ1n) is 6.85. The fraction of sp³-hybridized carbons (Fsp3) is 0.267. The van der Waals surface area contributed by atoms with E-state index in [0.717, 1.165) is 12.2 Å². The normalized spacial score (nSPS) is 10.5. The molecule has 22 heavy (non-hydrogen) atoms. The fourth-order valence-corrected chi connectivity index (χ4v) is 2.65. The highest BCUT2D eigenvalue weighted by Gasteiger charge is 2.13. The molecule has 0 fully saturated rings. The lowest BCUT2D eigenvalue weighted by molar-refractivity contribution is -0.113. The van der Waals surface area contributed by atoms with Crippen molar-refractivity contribution < 1.29 is 9.18 Å². The third-order valence-corrected chi connectivity index (χ3v) is 3.87. The Kier molecular flexibility index (Phi) is 5.71. The molecule has 1 aromatic carbocycles. The summed E-state index contributed by atoms with van der Waals surface area (Å²) in [5.41, 5.74) is 0.176. The molecular weight excluding hydrogens is 303 g/mol. The number of rotatable bonds is 7. The van der Waals surface area contributed by atoms with E-state index in [1.807, 2.05) is 11.5 Å². The molecule has 116 valence electrons. The zero-order valence-corrected chi connectivity index (χ0v) is 13.1. The summed E-state index contributed by atoms with van der Waals surface area (Å²) in [7, 11) is 0. The van der Waals surface area contributed by atoms with Crippen molar-refractivity contribution in [3.05, 3.63) is 48.6 Å². The number of benzene rings is 1. The van der Waals surface area contributed by atoms with Crippen molar-refractivity contribution >= 4 is 23.4 Å². The van der Waals surface area contributed by atoms with Gasteiger partial charge in [-0.05, 0) is 12.1 Å². The Bertz CT molecular complexity index is 671. The van der Waals surface area contributed by atoms with Gasteiger partial charge in [-0.1, -0.05) is 36.9 Å². The molecule has 0 aliphatic heterocycles. The van der Waals surface area contributed by atoms with E-state index in [-0.39, 0.29) is 17.3 Å². The molecule has 2 aromatic rings. The van der Waals surface area contributed by atoms with Crippen LogP contribution in [0.4, 0.5) is 10.1 Å². The minimum atomic E-state index is -0.455. The van der Waals surface area contributed by atoms with E-state index in [2.05, 4.69) is 22.1 Å². The molecular formula is C15H17FN4OS. The third kappa shape index (κ3) is 3.94. The lowest BCUT2D eigenvalue weighted by Gasteiger charge is -2.07. The topological polar surface area (TPSA) is 59.8 Å². The number of allylic oxidation sites excluding steroid dienone is 1. The molecule has 0 aliphatic rings. The van der Waals surface area contributed by atoms with E-state index in [9.17, 15) is 9.18 Å². The number of anilines is 1. The Morgan fingerprint density at radius 1 is 1.45 bits per heavy atom. The quantitative estimate of drug-likeness (QED) is 0.629. The van der Waals surface area contributed by atoms with Crippen LogP contribution in [0.5, 0.6) is 0 Å². The summed E-state index contributed by atoms with van der Waals surface area (Å²) in [6.45, 7) is 6.29. The van der Waals surface area contributed by atoms with Crippen LogP contribution in [0.3, 0.4) is 0 Å². The number of aryl methyl sites for hydroxylation is 1. The summed E-state index contributed by atoms with van der Waals surface area (Å²) in [4.78, 5) is 11.9. The first-order chi connectivity index (χ1) is 10.7. The standard InChI is InChI=1S/C15H17FN4OS/c1-3-9-20-13(4-2)18-19-15(20)22-10-14(21)17-12-8-6-5-7-11(12)16/h3,5-8H,1,4,9-10H2,2H3,(H,17,21). The lowest BCUT2D eigenvalue weighted by atomic mass is 10.3. The molecule has 0 unspecified atom stereocenters. The zero-order chi connectivity index (χ0) is 15.9. The molecule has 1 aromatic heterocycles. The molecule has 5 nitrogen and oxygen atoms in total. The number of carbonyl (C=O) groups is 1. The monoisotopic (exact) mass is 320 g/mol. The van der Waals surface area contributed by atoms with Gasteiger partial charge in [0.1, 0.15) is 11.6 Å². The van der Waals surface area contributed by atoms with Crippen molar-refractivity contribution in [3.63, 3.8) is 0 Å². The van der Waals surface area contributed by atoms with Crippen LogP contribution in [0.15, 0.2) is 42.1 Å². The maximum absolute atomic E-state index is 13.5. The van der Waals surface area contributed by atoms with E-state index >= 15 is 0 Å². The van der Waals surface area contributed by atoms with Crippen LogP contribution in [0.25, 0.3) is 0 Å². The molecule has 1 amide bonds. The van der Waals surface area contributed by atoms with Gasteiger partial charge >= 0.3 is 0 Å². The second kappa shape index (κ2) is 7.74. The van der Waals surface area contributed by atoms with Crippen LogP contribution in [-0.4, -0.2) is 26.4 Å². The molecule has 0 bridgehead atoms. The Hall–Kier alpha value is -2.15. The second-order valence-electron chi connectivity index (χ2n) is 4.47. The number of aromatic nitrogens is 3. The van der Waals surface area contributed by atoms with Crippen molar-refractivity contribution in [2.45, 2.75) is 25.0 Å². The Morgan fingerprint density at radius 3 is 2.91 bits per heavy atom. The maximum Gasteiger partial charge on any atom is 0.234 e. The highest BCUT2D eigenvalue weighted by molar-refractivity contribution is 7.99. The highest BCUT2D eigenvalue weighted by atomic mass is 32.2. The Morgan fingerprint density at radius 2 is 2.23 bits per heavy atom. The molecule has 0 radical (unpaired) electrons. The fourth-order valence-electron chi connectivity index (χ4n) is 1.88. The minimum absolute atomic E-state index is 0.132.